The third kappa shape index (κ3) is 3.82. The van der Waals surface area contributed by atoms with E-state index in [0.29, 0.717) is 11.1 Å². The maximum Gasteiger partial charge on any atom is 0.430 e. The number of carboxylic acid groups (broad SMARTS) is 1. The molecule has 0 amide bonds. The fourth-order valence-electron chi connectivity index (χ4n) is 1.61. The van der Waals surface area contributed by atoms with Crippen LogP contribution in [0, 0.1) is 12.3 Å². The van der Waals surface area contributed by atoms with Crippen LogP contribution >= 0.6 is 0 Å². The first kappa shape index (κ1) is 16.2. The summed E-state index contributed by atoms with van der Waals surface area (Å²) in [6.07, 6.45) is -5.19. The number of rotatable bonds is 0. The minimum atomic E-state index is -5.19. The molecule has 0 aliphatic rings. The Bertz CT molecular complexity index is 721. The molecule has 110 valence electrons. The SMILES string of the molecule is Cc1cc(O)c2ccccc2c1[N+]#N.O=C([O-])C(F)(F)F. The molecular weight excluding hydrogens is 289 g/mol. The van der Waals surface area contributed by atoms with Crippen LogP contribution in [-0.2, 0) is 4.79 Å². The number of hydrogen-bond acceptors (Lipinski definition) is 4. The number of diazo groups is 1. The lowest BCUT2D eigenvalue weighted by molar-refractivity contribution is -0.344. The first-order chi connectivity index (χ1) is 9.68. The number of aromatic hydroxyl groups is 1. The summed E-state index contributed by atoms with van der Waals surface area (Å²) in [6.45, 7) is 1.79. The maximum atomic E-state index is 10.5. The molecule has 5 nitrogen and oxygen atoms in total. The average molecular weight is 298 g/mol. The van der Waals surface area contributed by atoms with E-state index in [4.69, 9.17) is 15.3 Å². The van der Waals surface area contributed by atoms with Gasteiger partial charge in [-0.25, -0.2) is 0 Å². The molecule has 0 atom stereocenters. The lowest BCUT2D eigenvalue weighted by Gasteiger charge is -2.03. The minimum Gasteiger partial charge on any atom is -0.542 e. The summed E-state index contributed by atoms with van der Waals surface area (Å²) in [5.41, 5.74) is 1.27. The second-order valence-corrected chi connectivity index (χ2v) is 3.99. The van der Waals surface area contributed by atoms with Gasteiger partial charge in [-0.15, -0.1) is 0 Å². The third-order valence-electron chi connectivity index (χ3n) is 2.52. The van der Waals surface area contributed by atoms with E-state index >= 15 is 0 Å². The van der Waals surface area contributed by atoms with Crippen LogP contribution in [0.5, 0.6) is 5.75 Å². The smallest absolute Gasteiger partial charge is 0.430 e. The van der Waals surface area contributed by atoms with Crippen molar-refractivity contribution in [2.24, 2.45) is 0 Å². The first-order valence-corrected chi connectivity index (χ1v) is 5.53. The second-order valence-electron chi connectivity index (χ2n) is 3.99. The van der Waals surface area contributed by atoms with E-state index in [2.05, 4.69) is 4.98 Å². The van der Waals surface area contributed by atoms with Crippen molar-refractivity contribution in [3.05, 3.63) is 40.9 Å². The summed E-state index contributed by atoms with van der Waals surface area (Å²) in [4.78, 5) is 12.0. The standard InChI is InChI=1S/C11H8N2O.C2HF3O2/c1-7-6-10(14)8-4-2-3-5-9(8)11(7)13-12;3-2(4,5)1(6)7/h2-6H,1H3;(H,6,7). The summed E-state index contributed by atoms with van der Waals surface area (Å²) in [7, 11) is 0. The maximum absolute atomic E-state index is 10.5. The Morgan fingerprint density at radius 1 is 1.29 bits per heavy atom. The number of hydrogen-bond donors (Lipinski definition) is 1. The van der Waals surface area contributed by atoms with Crippen LogP contribution in [0.2, 0.25) is 0 Å². The number of aryl methyl sites for hydroxylation is 1. The predicted octanol–water partition coefficient (Wildman–Crippen LogP) is 2.64. The van der Waals surface area contributed by atoms with Gasteiger partial charge in [0, 0.05) is 10.9 Å². The van der Waals surface area contributed by atoms with Crippen LogP contribution in [0.4, 0.5) is 18.9 Å². The zero-order chi connectivity index (χ0) is 16.2. The van der Waals surface area contributed by atoms with Gasteiger partial charge in [0.2, 0.25) is 5.39 Å². The van der Waals surface area contributed by atoms with Crippen LogP contribution in [0.25, 0.3) is 15.7 Å². The van der Waals surface area contributed by atoms with Gasteiger partial charge in [0.1, 0.15) is 11.7 Å². The summed E-state index contributed by atoms with van der Waals surface area (Å²) in [5, 5.41) is 28.7. The number of nitrogens with zero attached hydrogens (tertiary/aromatic N) is 2. The Kier molecular flexibility index (Phi) is 4.71. The summed E-state index contributed by atoms with van der Waals surface area (Å²) >= 11 is 0. The van der Waals surface area contributed by atoms with E-state index in [-0.39, 0.29) is 5.75 Å². The normalized spacial score (nSPS) is 10.4. The van der Waals surface area contributed by atoms with Gasteiger partial charge in [0.05, 0.1) is 5.39 Å². The average Bonchev–Trinajstić information content (AvgIpc) is 2.39. The number of halogens is 3. The Balaban J connectivity index is 0.000000270. The highest BCUT2D eigenvalue weighted by Crippen LogP contribution is 2.35. The molecule has 0 aromatic heterocycles. The predicted molar refractivity (Wildman–Crippen MR) is 66.2 cm³/mol. The summed E-state index contributed by atoms with van der Waals surface area (Å²) < 4.78 is 31.5. The molecule has 1 N–H and O–H groups in total. The highest BCUT2D eigenvalue weighted by atomic mass is 19.4. The molecular formula is C13H9F3N2O3. The molecule has 0 spiro atoms. The van der Waals surface area contributed by atoms with Crippen LogP contribution in [-0.4, -0.2) is 17.3 Å². The number of carboxylic acids is 1. The zero-order valence-corrected chi connectivity index (χ0v) is 10.7. The van der Waals surface area contributed by atoms with E-state index in [1.165, 1.54) is 0 Å². The molecule has 0 fully saturated rings. The van der Waals surface area contributed by atoms with Gasteiger partial charge in [0.15, 0.2) is 4.98 Å². The van der Waals surface area contributed by atoms with Gasteiger partial charge in [-0.1, -0.05) is 18.2 Å². The zero-order valence-electron chi connectivity index (χ0n) is 10.7. The molecule has 21 heavy (non-hydrogen) atoms. The van der Waals surface area contributed by atoms with Crippen LogP contribution < -0.4 is 5.11 Å². The number of carbonyl (C=O) groups excluding carboxylic acids is 1. The van der Waals surface area contributed by atoms with Gasteiger partial charge in [0.25, 0.3) is 0 Å². The Morgan fingerprint density at radius 3 is 2.19 bits per heavy atom. The van der Waals surface area contributed by atoms with Crippen molar-refractivity contribution in [3.8, 4) is 5.75 Å². The monoisotopic (exact) mass is 298 g/mol. The Hall–Kier alpha value is -2.82. The lowest BCUT2D eigenvalue weighted by Crippen LogP contribution is -2.37. The first-order valence-electron chi connectivity index (χ1n) is 5.53. The molecule has 0 bridgehead atoms. The molecule has 2 aromatic carbocycles. The van der Waals surface area contributed by atoms with Crippen molar-refractivity contribution in [2.75, 3.05) is 0 Å². The van der Waals surface area contributed by atoms with Gasteiger partial charge in [-0.05, 0) is 19.1 Å². The molecule has 2 aromatic rings. The number of fused-ring (bicyclic) bond motifs is 1. The highest BCUT2D eigenvalue weighted by Gasteiger charge is 2.28. The lowest BCUT2D eigenvalue weighted by atomic mass is 10.0. The van der Waals surface area contributed by atoms with Crippen LogP contribution in [0.3, 0.4) is 0 Å². The van der Waals surface area contributed by atoms with Crippen molar-refractivity contribution in [2.45, 2.75) is 13.1 Å². The van der Waals surface area contributed by atoms with Crippen LogP contribution in [0.15, 0.2) is 30.3 Å². The van der Waals surface area contributed by atoms with Crippen molar-refractivity contribution in [1.82, 2.24) is 0 Å². The van der Waals surface area contributed by atoms with Gasteiger partial charge in [-0.2, -0.15) is 13.2 Å². The molecule has 0 saturated heterocycles. The fraction of sp³-hybridized carbons (Fsp3) is 0.154. The summed E-state index contributed by atoms with van der Waals surface area (Å²) in [6, 6.07) is 8.88. The number of benzene rings is 2. The molecule has 0 saturated carbocycles. The number of phenolic OH excluding ortho intramolecular Hbond substituents is 1. The molecule has 2 rings (SSSR count). The summed E-state index contributed by atoms with van der Waals surface area (Å²) in [5.74, 6) is -2.79. The minimum absolute atomic E-state index is 0.213. The van der Waals surface area contributed by atoms with Gasteiger partial charge < -0.3 is 15.0 Å². The quantitative estimate of drug-likeness (QED) is 0.757. The Morgan fingerprint density at radius 2 is 1.76 bits per heavy atom. The van der Waals surface area contributed by atoms with Crippen molar-refractivity contribution < 1.29 is 28.2 Å². The molecule has 0 aliphatic carbocycles. The molecule has 8 heteroatoms. The largest absolute Gasteiger partial charge is 0.542 e. The second kappa shape index (κ2) is 6.09. The number of alkyl halides is 3. The topological polar surface area (TPSA) is 88.5 Å². The molecule has 0 heterocycles. The Labute approximate surface area is 116 Å². The molecule has 0 aliphatic heterocycles. The third-order valence-corrected chi connectivity index (χ3v) is 2.52. The van der Waals surface area contributed by atoms with Crippen molar-refractivity contribution >= 4 is 22.4 Å². The number of aliphatic carboxylic acids is 1. The van der Waals surface area contributed by atoms with Crippen LogP contribution in [0.1, 0.15) is 5.56 Å². The van der Waals surface area contributed by atoms with E-state index in [1.807, 2.05) is 18.2 Å². The molecule has 0 radical (unpaired) electrons. The van der Waals surface area contributed by atoms with Gasteiger partial charge >= 0.3 is 11.9 Å². The van der Waals surface area contributed by atoms with Crippen molar-refractivity contribution in [3.63, 3.8) is 0 Å². The molecule has 0 unspecified atom stereocenters. The fourth-order valence-corrected chi connectivity index (χ4v) is 1.61. The number of phenols is 1. The van der Waals surface area contributed by atoms with Crippen molar-refractivity contribution in [1.29, 1.82) is 5.39 Å². The van der Waals surface area contributed by atoms with E-state index < -0.39 is 12.1 Å². The van der Waals surface area contributed by atoms with E-state index in [9.17, 15) is 18.3 Å². The van der Waals surface area contributed by atoms with E-state index in [1.54, 1.807) is 19.1 Å². The highest BCUT2D eigenvalue weighted by molar-refractivity contribution is 5.99. The van der Waals surface area contributed by atoms with E-state index in [0.717, 1.165) is 10.9 Å². The van der Waals surface area contributed by atoms with Gasteiger partial charge in [-0.3, -0.25) is 0 Å². The number of carbonyl (C=O) groups is 1.